The largest absolute Gasteiger partial charge is 0.454 e. The van der Waals surface area contributed by atoms with Gasteiger partial charge in [0.2, 0.25) is 0 Å². The van der Waals surface area contributed by atoms with Crippen LogP contribution in [0.2, 0.25) is 0 Å². The van der Waals surface area contributed by atoms with Gasteiger partial charge in [-0.3, -0.25) is 19.3 Å². The second-order valence-electron chi connectivity index (χ2n) is 7.98. The normalized spacial score (nSPS) is 17.0. The van der Waals surface area contributed by atoms with Crippen LogP contribution in [0.4, 0.5) is 0 Å². The number of esters is 1. The van der Waals surface area contributed by atoms with Crippen LogP contribution >= 0.6 is 0 Å². The van der Waals surface area contributed by atoms with E-state index in [2.05, 4.69) is 5.32 Å². The first-order chi connectivity index (χ1) is 14.1. The van der Waals surface area contributed by atoms with Gasteiger partial charge in [-0.05, 0) is 30.9 Å². The Hall–Kier alpha value is -3.21. The van der Waals surface area contributed by atoms with Crippen molar-refractivity contribution in [3.05, 3.63) is 35.4 Å². The number of nitrogens with one attached hydrogen (secondary N) is 1. The Morgan fingerprint density at radius 1 is 1.17 bits per heavy atom. The molecule has 0 saturated carbocycles. The van der Waals surface area contributed by atoms with Crippen LogP contribution < -0.4 is 5.32 Å². The fourth-order valence-electron chi connectivity index (χ4n) is 3.13. The maximum Gasteiger partial charge on any atom is 0.330 e. The lowest BCUT2D eigenvalue weighted by Gasteiger charge is -2.29. The van der Waals surface area contributed by atoms with Gasteiger partial charge < -0.3 is 10.1 Å². The lowest BCUT2D eigenvalue weighted by molar-refractivity contribution is -0.154. The molecule has 1 N–H and O–H groups in total. The van der Waals surface area contributed by atoms with Crippen LogP contribution in [0.15, 0.2) is 24.3 Å². The van der Waals surface area contributed by atoms with Crippen LogP contribution in [-0.2, 0) is 14.3 Å². The molecule has 3 atom stereocenters. The van der Waals surface area contributed by atoms with Crippen molar-refractivity contribution >= 4 is 23.7 Å². The van der Waals surface area contributed by atoms with Gasteiger partial charge in [-0.25, -0.2) is 4.79 Å². The van der Waals surface area contributed by atoms with Crippen molar-refractivity contribution in [2.45, 2.75) is 52.6 Å². The smallest absolute Gasteiger partial charge is 0.330 e. The predicted octanol–water partition coefficient (Wildman–Crippen LogP) is 2.29. The van der Waals surface area contributed by atoms with Gasteiger partial charge in [-0.15, -0.1) is 0 Å². The van der Waals surface area contributed by atoms with Crippen LogP contribution in [-0.4, -0.2) is 46.8 Å². The third-order valence-electron chi connectivity index (χ3n) is 5.66. The molecule has 0 unspecified atom stereocenters. The molecule has 0 bridgehead atoms. The lowest BCUT2D eigenvalue weighted by atomic mass is 9.90. The van der Waals surface area contributed by atoms with Gasteiger partial charge in [0.15, 0.2) is 6.61 Å². The number of nitriles is 1. The summed E-state index contributed by atoms with van der Waals surface area (Å²) in [5.41, 5.74) is -0.631. The van der Waals surface area contributed by atoms with E-state index in [1.54, 1.807) is 39.8 Å². The van der Waals surface area contributed by atoms with E-state index in [1.165, 1.54) is 12.1 Å². The van der Waals surface area contributed by atoms with Crippen molar-refractivity contribution in [3.8, 4) is 6.07 Å². The average Bonchev–Trinajstić information content (AvgIpc) is 2.97. The summed E-state index contributed by atoms with van der Waals surface area (Å²) in [4.78, 5) is 51.6. The molecule has 0 saturated heterocycles. The number of ether oxygens (including phenoxy) is 1. The molecule has 8 heteroatoms. The SMILES string of the molecule is CC[C@H](C)[C@@H](C(=O)OCC(=O)N[C@@](C)(C#N)C(C)C)N1C(=O)c2ccccc2C1=O. The predicted molar refractivity (Wildman–Crippen MR) is 108 cm³/mol. The van der Waals surface area contributed by atoms with E-state index < -0.39 is 41.9 Å². The number of amides is 3. The molecule has 0 fully saturated rings. The quantitative estimate of drug-likeness (QED) is 0.516. The first kappa shape index (κ1) is 23.1. The molecule has 8 nitrogen and oxygen atoms in total. The van der Waals surface area contributed by atoms with Crippen molar-refractivity contribution in [2.24, 2.45) is 11.8 Å². The molecule has 1 heterocycles. The maximum absolute atomic E-state index is 12.8. The van der Waals surface area contributed by atoms with Crippen LogP contribution in [0.3, 0.4) is 0 Å². The number of carbonyl (C=O) groups excluding carboxylic acids is 4. The summed E-state index contributed by atoms with van der Waals surface area (Å²) in [6, 6.07) is 7.27. The summed E-state index contributed by atoms with van der Waals surface area (Å²) in [5.74, 6) is -3.11. The van der Waals surface area contributed by atoms with Crippen LogP contribution in [0.25, 0.3) is 0 Å². The van der Waals surface area contributed by atoms with Crippen LogP contribution in [0.1, 0.15) is 61.8 Å². The maximum atomic E-state index is 12.8. The second-order valence-corrected chi connectivity index (χ2v) is 7.98. The van der Waals surface area contributed by atoms with E-state index in [4.69, 9.17) is 4.74 Å². The Labute approximate surface area is 176 Å². The molecular formula is C22H27N3O5. The summed E-state index contributed by atoms with van der Waals surface area (Å²) in [6.07, 6.45) is 0.513. The Balaban J connectivity index is 2.16. The topological polar surface area (TPSA) is 117 Å². The summed E-state index contributed by atoms with van der Waals surface area (Å²) in [7, 11) is 0. The molecule has 1 aromatic carbocycles. The van der Waals surface area contributed by atoms with E-state index in [0.29, 0.717) is 6.42 Å². The van der Waals surface area contributed by atoms with Crippen molar-refractivity contribution in [1.29, 1.82) is 5.26 Å². The number of imide groups is 1. The Bertz CT molecular complexity index is 869. The first-order valence-corrected chi connectivity index (χ1v) is 9.93. The molecule has 1 aliphatic heterocycles. The van der Waals surface area contributed by atoms with E-state index in [0.717, 1.165) is 4.90 Å². The molecule has 2 rings (SSSR count). The first-order valence-electron chi connectivity index (χ1n) is 9.93. The number of carbonyl (C=O) groups is 4. The molecule has 0 aromatic heterocycles. The van der Waals surface area contributed by atoms with Crippen LogP contribution in [0, 0.1) is 23.2 Å². The highest BCUT2D eigenvalue weighted by atomic mass is 16.5. The zero-order valence-corrected chi connectivity index (χ0v) is 17.9. The van der Waals surface area contributed by atoms with Gasteiger partial charge in [-0.1, -0.05) is 46.2 Å². The zero-order valence-electron chi connectivity index (χ0n) is 17.9. The van der Waals surface area contributed by atoms with E-state index in [9.17, 15) is 24.4 Å². The van der Waals surface area contributed by atoms with Gasteiger partial charge in [0.25, 0.3) is 17.7 Å². The standard InChI is InChI=1S/C22H27N3O5/c1-6-14(4)18(25-19(27)15-9-7-8-10-16(15)20(25)28)21(29)30-11-17(26)24-22(5,12-23)13(2)3/h7-10,13-14,18H,6,11H2,1-5H3,(H,24,26)/t14-,18-,22-/m0/s1. The molecule has 0 spiro atoms. The highest BCUT2D eigenvalue weighted by molar-refractivity contribution is 6.22. The van der Waals surface area contributed by atoms with Gasteiger partial charge in [0, 0.05) is 0 Å². The lowest BCUT2D eigenvalue weighted by Crippen LogP contribution is -2.52. The van der Waals surface area contributed by atoms with Gasteiger partial charge >= 0.3 is 5.97 Å². The fourth-order valence-corrected chi connectivity index (χ4v) is 3.13. The summed E-state index contributed by atoms with van der Waals surface area (Å²) in [6.45, 7) is 8.11. The minimum absolute atomic E-state index is 0.159. The van der Waals surface area contributed by atoms with Crippen molar-refractivity contribution in [1.82, 2.24) is 10.2 Å². The summed E-state index contributed by atoms with van der Waals surface area (Å²) in [5, 5.41) is 11.9. The van der Waals surface area contributed by atoms with Gasteiger partial charge in [0.05, 0.1) is 17.2 Å². The number of fused-ring (bicyclic) bond motifs is 1. The van der Waals surface area contributed by atoms with Crippen LogP contribution in [0.5, 0.6) is 0 Å². The number of rotatable bonds is 8. The van der Waals surface area contributed by atoms with E-state index >= 15 is 0 Å². The minimum atomic E-state index is -1.15. The summed E-state index contributed by atoms with van der Waals surface area (Å²) < 4.78 is 5.16. The number of hydrogen-bond donors (Lipinski definition) is 1. The highest BCUT2D eigenvalue weighted by Crippen LogP contribution is 2.28. The highest BCUT2D eigenvalue weighted by Gasteiger charge is 2.45. The average molecular weight is 413 g/mol. The Kier molecular flexibility index (Phi) is 6.98. The molecule has 0 radical (unpaired) electrons. The molecule has 1 aliphatic rings. The zero-order chi connectivity index (χ0) is 22.6. The van der Waals surface area contributed by atoms with Crippen molar-refractivity contribution in [3.63, 3.8) is 0 Å². The molecule has 1 aromatic rings. The molecular weight excluding hydrogens is 386 g/mol. The molecule has 160 valence electrons. The Morgan fingerprint density at radius 3 is 2.13 bits per heavy atom. The van der Waals surface area contributed by atoms with Crippen molar-refractivity contribution < 1.29 is 23.9 Å². The van der Waals surface area contributed by atoms with E-state index in [-0.39, 0.29) is 23.0 Å². The number of nitrogens with zero attached hydrogens (tertiary/aromatic N) is 2. The summed E-state index contributed by atoms with van der Waals surface area (Å²) >= 11 is 0. The minimum Gasteiger partial charge on any atom is -0.454 e. The molecule has 30 heavy (non-hydrogen) atoms. The third kappa shape index (κ3) is 4.35. The van der Waals surface area contributed by atoms with Crippen molar-refractivity contribution in [2.75, 3.05) is 6.61 Å². The fraction of sp³-hybridized carbons (Fsp3) is 0.500. The second kappa shape index (κ2) is 9.08. The Morgan fingerprint density at radius 2 is 1.70 bits per heavy atom. The molecule has 3 amide bonds. The number of hydrogen-bond acceptors (Lipinski definition) is 6. The number of benzene rings is 1. The van der Waals surface area contributed by atoms with Gasteiger partial charge in [0.1, 0.15) is 11.6 Å². The monoisotopic (exact) mass is 413 g/mol. The molecule has 0 aliphatic carbocycles. The van der Waals surface area contributed by atoms with E-state index in [1.807, 2.05) is 13.0 Å². The third-order valence-corrected chi connectivity index (χ3v) is 5.66. The van der Waals surface area contributed by atoms with Gasteiger partial charge in [-0.2, -0.15) is 5.26 Å².